The fraction of sp³-hybridized carbons (Fsp3) is 0.300. The quantitative estimate of drug-likeness (QED) is 0.676. The van der Waals surface area contributed by atoms with Gasteiger partial charge in [0.05, 0.1) is 11.0 Å². The second-order valence-corrected chi connectivity index (χ2v) is 7.95. The van der Waals surface area contributed by atoms with Crippen LogP contribution in [0.15, 0.2) is 72.1 Å². The molecule has 0 aromatic heterocycles. The van der Waals surface area contributed by atoms with Crippen LogP contribution in [0, 0.1) is 6.92 Å². The number of hydrogen-bond donors (Lipinski definition) is 2. The standard InChI is InChI=1S/C20H25NO3S/c1-3-7-19(22)15-18(14-17-8-5-4-6-9-17)21-25(23,24)20-12-10-16(2)11-13-20/h3-6,8-13,18-19,21-22H,1,7,14-15H2,2H3/t18-,19-/m0/s1. The summed E-state index contributed by atoms with van der Waals surface area (Å²) >= 11 is 0. The Bertz CT molecular complexity index is 770. The molecule has 2 rings (SSSR count). The maximum Gasteiger partial charge on any atom is 0.240 e. The van der Waals surface area contributed by atoms with E-state index in [1.54, 1.807) is 30.3 Å². The van der Waals surface area contributed by atoms with Crippen molar-refractivity contribution in [3.63, 3.8) is 0 Å². The van der Waals surface area contributed by atoms with Crippen LogP contribution in [0.3, 0.4) is 0 Å². The zero-order valence-corrected chi connectivity index (χ0v) is 15.2. The first kappa shape index (κ1) is 19.4. The van der Waals surface area contributed by atoms with Crippen LogP contribution in [-0.2, 0) is 16.4 Å². The van der Waals surface area contributed by atoms with Gasteiger partial charge in [0.1, 0.15) is 0 Å². The number of hydrogen-bond acceptors (Lipinski definition) is 3. The van der Waals surface area contributed by atoms with E-state index in [1.807, 2.05) is 37.3 Å². The average Bonchev–Trinajstić information content (AvgIpc) is 2.56. The lowest BCUT2D eigenvalue weighted by atomic mass is 10.0. The average molecular weight is 359 g/mol. The lowest BCUT2D eigenvalue weighted by molar-refractivity contribution is 0.156. The monoisotopic (exact) mass is 359 g/mol. The molecule has 2 aromatic rings. The lowest BCUT2D eigenvalue weighted by Crippen LogP contribution is -2.38. The van der Waals surface area contributed by atoms with Gasteiger partial charge in [-0.25, -0.2) is 13.1 Å². The lowest BCUT2D eigenvalue weighted by Gasteiger charge is -2.21. The fourth-order valence-corrected chi connectivity index (χ4v) is 3.94. The van der Waals surface area contributed by atoms with Crippen LogP contribution >= 0.6 is 0 Å². The number of nitrogens with one attached hydrogen (secondary N) is 1. The molecule has 0 aliphatic rings. The normalized spacial score (nSPS) is 14.0. The Morgan fingerprint density at radius 3 is 2.36 bits per heavy atom. The molecule has 0 fully saturated rings. The number of aliphatic hydroxyl groups excluding tert-OH is 1. The zero-order valence-electron chi connectivity index (χ0n) is 14.4. The summed E-state index contributed by atoms with van der Waals surface area (Å²) in [6.45, 7) is 5.53. The van der Waals surface area contributed by atoms with Crippen molar-refractivity contribution in [2.45, 2.75) is 43.2 Å². The number of rotatable bonds is 9. The predicted octanol–water partition coefficient (Wildman–Crippen LogP) is 3.21. The van der Waals surface area contributed by atoms with Crippen molar-refractivity contribution in [3.8, 4) is 0 Å². The molecule has 0 spiro atoms. The molecule has 0 aliphatic heterocycles. The van der Waals surface area contributed by atoms with Gasteiger partial charge in [0.25, 0.3) is 0 Å². The minimum Gasteiger partial charge on any atom is -0.393 e. The summed E-state index contributed by atoms with van der Waals surface area (Å²) in [5, 5.41) is 10.1. The summed E-state index contributed by atoms with van der Waals surface area (Å²) in [7, 11) is -3.64. The summed E-state index contributed by atoms with van der Waals surface area (Å²) in [5.41, 5.74) is 2.02. The van der Waals surface area contributed by atoms with Gasteiger partial charge in [-0.2, -0.15) is 0 Å². The van der Waals surface area contributed by atoms with E-state index < -0.39 is 22.2 Å². The third-order valence-corrected chi connectivity index (χ3v) is 5.51. The number of benzene rings is 2. The highest BCUT2D eigenvalue weighted by Crippen LogP contribution is 2.15. The Morgan fingerprint density at radius 1 is 1.12 bits per heavy atom. The maximum absolute atomic E-state index is 12.7. The predicted molar refractivity (Wildman–Crippen MR) is 101 cm³/mol. The molecule has 2 aromatic carbocycles. The van der Waals surface area contributed by atoms with Gasteiger partial charge in [0, 0.05) is 6.04 Å². The highest BCUT2D eigenvalue weighted by atomic mass is 32.2. The largest absolute Gasteiger partial charge is 0.393 e. The molecule has 25 heavy (non-hydrogen) atoms. The summed E-state index contributed by atoms with van der Waals surface area (Å²) in [6, 6.07) is 16.0. The van der Waals surface area contributed by atoms with E-state index >= 15 is 0 Å². The summed E-state index contributed by atoms with van der Waals surface area (Å²) < 4.78 is 28.1. The van der Waals surface area contributed by atoms with E-state index in [0.29, 0.717) is 19.3 Å². The Balaban J connectivity index is 2.18. The van der Waals surface area contributed by atoms with Gasteiger partial charge in [-0.3, -0.25) is 0 Å². The number of aryl methyl sites for hydroxylation is 1. The molecule has 0 bridgehead atoms. The SMILES string of the molecule is C=CC[C@H](O)C[C@H](Cc1ccccc1)NS(=O)(=O)c1ccc(C)cc1. The molecule has 0 saturated heterocycles. The second-order valence-electron chi connectivity index (χ2n) is 6.23. The van der Waals surface area contributed by atoms with Gasteiger partial charge in [0.2, 0.25) is 10.0 Å². The number of sulfonamides is 1. The molecule has 4 nitrogen and oxygen atoms in total. The van der Waals surface area contributed by atoms with E-state index in [0.717, 1.165) is 11.1 Å². The highest BCUT2D eigenvalue weighted by molar-refractivity contribution is 7.89. The molecule has 0 saturated carbocycles. The van der Waals surface area contributed by atoms with Gasteiger partial charge in [-0.1, -0.05) is 54.1 Å². The van der Waals surface area contributed by atoms with Crippen LogP contribution in [0.1, 0.15) is 24.0 Å². The second kappa shape index (κ2) is 8.94. The van der Waals surface area contributed by atoms with Crippen LogP contribution in [0.4, 0.5) is 0 Å². The van der Waals surface area contributed by atoms with E-state index in [1.165, 1.54) is 0 Å². The Labute approximate surface area is 150 Å². The first-order valence-electron chi connectivity index (χ1n) is 8.32. The molecule has 0 amide bonds. The first-order chi connectivity index (χ1) is 11.9. The van der Waals surface area contributed by atoms with Crippen molar-refractivity contribution in [3.05, 3.63) is 78.4 Å². The van der Waals surface area contributed by atoms with Crippen LogP contribution in [-0.4, -0.2) is 25.7 Å². The van der Waals surface area contributed by atoms with E-state index in [4.69, 9.17) is 0 Å². The Morgan fingerprint density at radius 2 is 1.76 bits per heavy atom. The maximum atomic E-state index is 12.7. The fourth-order valence-electron chi connectivity index (χ4n) is 2.69. The summed E-state index contributed by atoms with van der Waals surface area (Å²) in [4.78, 5) is 0.231. The topological polar surface area (TPSA) is 66.4 Å². The Kier molecular flexibility index (Phi) is 6.93. The molecule has 134 valence electrons. The van der Waals surface area contributed by atoms with E-state index in [9.17, 15) is 13.5 Å². The van der Waals surface area contributed by atoms with Crippen LogP contribution in [0.25, 0.3) is 0 Å². The molecule has 5 heteroatoms. The van der Waals surface area contributed by atoms with Crippen LogP contribution in [0.2, 0.25) is 0 Å². The van der Waals surface area contributed by atoms with Crippen molar-refractivity contribution in [2.24, 2.45) is 0 Å². The summed E-state index contributed by atoms with van der Waals surface area (Å²) in [5.74, 6) is 0. The molecule has 0 aliphatic carbocycles. The zero-order chi connectivity index (χ0) is 18.3. The third kappa shape index (κ3) is 6.12. The molecule has 0 radical (unpaired) electrons. The third-order valence-electron chi connectivity index (χ3n) is 3.97. The minimum absolute atomic E-state index is 0.231. The molecule has 2 atom stereocenters. The smallest absolute Gasteiger partial charge is 0.240 e. The molecular weight excluding hydrogens is 334 g/mol. The van der Waals surface area contributed by atoms with Gasteiger partial charge in [-0.05, 0) is 43.9 Å². The van der Waals surface area contributed by atoms with Crippen molar-refractivity contribution < 1.29 is 13.5 Å². The van der Waals surface area contributed by atoms with Crippen molar-refractivity contribution in [1.82, 2.24) is 4.72 Å². The van der Waals surface area contributed by atoms with Crippen molar-refractivity contribution in [2.75, 3.05) is 0 Å². The highest BCUT2D eigenvalue weighted by Gasteiger charge is 2.22. The van der Waals surface area contributed by atoms with Gasteiger partial charge >= 0.3 is 0 Å². The number of aliphatic hydroxyl groups is 1. The van der Waals surface area contributed by atoms with Crippen molar-refractivity contribution in [1.29, 1.82) is 0 Å². The molecule has 2 N–H and O–H groups in total. The molecule has 0 heterocycles. The Hall–Kier alpha value is -1.95. The van der Waals surface area contributed by atoms with Gasteiger partial charge in [0.15, 0.2) is 0 Å². The van der Waals surface area contributed by atoms with E-state index in [-0.39, 0.29) is 4.90 Å². The molecule has 0 unspecified atom stereocenters. The van der Waals surface area contributed by atoms with Crippen LogP contribution in [0.5, 0.6) is 0 Å². The first-order valence-corrected chi connectivity index (χ1v) is 9.81. The molecular formula is C20H25NO3S. The van der Waals surface area contributed by atoms with Crippen molar-refractivity contribution >= 4 is 10.0 Å². The van der Waals surface area contributed by atoms with Crippen LogP contribution < -0.4 is 4.72 Å². The minimum atomic E-state index is -3.64. The van der Waals surface area contributed by atoms with E-state index in [2.05, 4.69) is 11.3 Å². The van der Waals surface area contributed by atoms with Gasteiger partial charge in [-0.15, -0.1) is 6.58 Å². The summed E-state index contributed by atoms with van der Waals surface area (Å²) in [6.07, 6.45) is 2.27. The van der Waals surface area contributed by atoms with Gasteiger partial charge < -0.3 is 5.11 Å².